The van der Waals surface area contributed by atoms with Gasteiger partial charge in [-0.25, -0.2) is 4.79 Å². The number of aromatic nitrogens is 1. The maximum Gasteiger partial charge on any atom is 0.329 e. The summed E-state index contributed by atoms with van der Waals surface area (Å²) in [4.78, 5) is 262. The molecule has 0 radical (unpaired) electrons. The molecule has 1 aromatic heterocycles. The number of rotatable bonds is 33. The first-order valence-electron chi connectivity index (χ1n) is 36.2. The molecule has 1 saturated heterocycles. The van der Waals surface area contributed by atoms with Crippen LogP contribution in [0.2, 0.25) is 0 Å². The van der Waals surface area contributed by atoms with Crippen molar-refractivity contribution in [3.63, 3.8) is 0 Å². The van der Waals surface area contributed by atoms with Crippen LogP contribution in [0.4, 0.5) is 5.69 Å². The number of nitrogen functional groups attached to an aromatic ring is 1. The summed E-state index contributed by atoms with van der Waals surface area (Å²) in [6.07, 6.45) is 0.0353. The number of aliphatic carboxylic acids is 3. The van der Waals surface area contributed by atoms with Crippen molar-refractivity contribution in [1.82, 2.24) is 74.1 Å². The molecule has 24 N–H and O–H groups in total. The number of ether oxygens (including phenoxy) is 1. The number of carbonyl (C=O) groups is 19. The van der Waals surface area contributed by atoms with Crippen molar-refractivity contribution < 1.29 is 116 Å². The first kappa shape index (κ1) is 92.2. The smallest absolute Gasteiger partial charge is 0.329 e. The molecular weight excluding hydrogens is 1470 g/mol. The Balaban J connectivity index is 1.82. The van der Waals surface area contributed by atoms with Crippen LogP contribution < -0.4 is 86.3 Å². The minimum atomic E-state index is -2.25. The number of aliphatic hydroxyl groups excluding tert-OH is 1. The van der Waals surface area contributed by atoms with Crippen LogP contribution in [-0.4, -0.2) is 237 Å². The number of benzene rings is 2. The third-order valence-electron chi connectivity index (χ3n) is 17.6. The minimum absolute atomic E-state index is 0.0376. The summed E-state index contributed by atoms with van der Waals surface area (Å²) >= 11 is 0. The highest BCUT2D eigenvalue weighted by atomic mass is 16.5. The Kier molecular flexibility index (Phi) is 38.2. The van der Waals surface area contributed by atoms with Crippen LogP contribution >= 0.6 is 0 Å². The number of carbonyl (C=O) groups excluding carboxylic acids is 16. The molecule has 0 aliphatic carbocycles. The predicted molar refractivity (Wildman–Crippen MR) is 394 cm³/mol. The molecule has 0 spiro atoms. The largest absolute Gasteiger partial charge is 0.481 e. The zero-order valence-corrected chi connectivity index (χ0v) is 62.5. The average Bonchev–Trinajstić information content (AvgIpc) is 1.60. The van der Waals surface area contributed by atoms with Gasteiger partial charge in [-0.05, 0) is 76.3 Å². The van der Waals surface area contributed by atoms with Crippen LogP contribution in [0.1, 0.15) is 147 Å². The second kappa shape index (κ2) is 46.4. The first-order chi connectivity index (χ1) is 53.0. The van der Waals surface area contributed by atoms with Crippen molar-refractivity contribution in [2.75, 3.05) is 32.0 Å². The number of anilines is 1. The maximum atomic E-state index is 14.8. The van der Waals surface area contributed by atoms with Gasteiger partial charge in [0.25, 0.3) is 0 Å². The Bertz CT molecular complexity index is 3910. The van der Waals surface area contributed by atoms with Gasteiger partial charge in [0.05, 0.1) is 45.4 Å². The Morgan fingerprint density at radius 3 is 1.75 bits per heavy atom. The minimum Gasteiger partial charge on any atom is -0.481 e. The molecule has 41 nitrogen and oxygen atoms in total. The Morgan fingerprint density at radius 1 is 0.571 bits per heavy atom. The molecule has 0 bridgehead atoms. The van der Waals surface area contributed by atoms with E-state index in [0.717, 1.165) is 66.2 Å². The molecule has 614 valence electrons. The van der Waals surface area contributed by atoms with E-state index in [1.807, 2.05) is 16.0 Å². The van der Waals surface area contributed by atoms with Crippen LogP contribution in [0, 0.1) is 5.92 Å². The summed E-state index contributed by atoms with van der Waals surface area (Å²) in [5.74, 6) is -26.3. The second-order valence-electron chi connectivity index (χ2n) is 26.8. The first-order valence-corrected chi connectivity index (χ1v) is 36.2. The highest BCUT2D eigenvalue weighted by Gasteiger charge is 2.40. The molecule has 0 unspecified atom stereocenters. The number of carboxylic acid groups (broad SMARTS) is 3. The lowest BCUT2D eigenvalue weighted by Gasteiger charge is -2.29. The third kappa shape index (κ3) is 31.1. The SMILES string of the molecule is CCCCCCCCCC(=O)N[C@@H](Cc1c[nH]c2ccccc12)C(=O)N[C@@H](CC(N)=O)C(=O)N[C@@H](C)C(=O)N[C@@H]1C(=O)NCC(=O)N[C@@H](CCCN)C(=O)N[C@@H](CC(=O)O)C(=O)N[C@H](C)C(=O)N[C@@H](CC(=O)O)C(=O)NCC(=O)N[C@H](CO)C(=O)N[C@@H]([C@@H](C)CC(=O)O)C(=O)N[C@@H](CC(=O)c2ccccc2N)C(=O)O[C@@H]1C. The molecule has 2 heterocycles. The van der Waals surface area contributed by atoms with Crippen molar-refractivity contribution >= 4 is 129 Å². The van der Waals surface area contributed by atoms with E-state index in [1.165, 1.54) is 24.3 Å². The molecule has 0 saturated carbocycles. The summed E-state index contributed by atoms with van der Waals surface area (Å²) in [5.41, 5.74) is 18.3. The predicted octanol–water partition coefficient (Wildman–Crippen LogP) is -5.08. The van der Waals surface area contributed by atoms with E-state index in [4.69, 9.17) is 21.9 Å². The fourth-order valence-electron chi connectivity index (χ4n) is 11.5. The molecule has 4 rings (SSSR count). The lowest BCUT2D eigenvalue weighted by molar-refractivity contribution is -0.156. The van der Waals surface area contributed by atoms with E-state index in [1.54, 1.807) is 30.5 Å². The van der Waals surface area contributed by atoms with E-state index in [-0.39, 0.29) is 43.5 Å². The van der Waals surface area contributed by atoms with Gasteiger partial charge in [-0.2, -0.15) is 0 Å². The summed E-state index contributed by atoms with van der Waals surface area (Å²) in [7, 11) is 0. The molecule has 1 fully saturated rings. The molecule has 41 heteroatoms. The average molecular weight is 1580 g/mol. The highest BCUT2D eigenvalue weighted by Crippen LogP contribution is 2.21. The van der Waals surface area contributed by atoms with Gasteiger partial charge in [-0.15, -0.1) is 0 Å². The normalized spacial score (nSPS) is 21.5. The summed E-state index contributed by atoms with van der Waals surface area (Å²) in [6.45, 7) is 2.51. The summed E-state index contributed by atoms with van der Waals surface area (Å²) in [6, 6.07) is -8.90. The van der Waals surface area contributed by atoms with E-state index < -0.39 is 243 Å². The van der Waals surface area contributed by atoms with Crippen LogP contribution in [0.15, 0.2) is 54.7 Å². The van der Waals surface area contributed by atoms with Gasteiger partial charge >= 0.3 is 23.9 Å². The number of aliphatic hydroxyl groups is 1. The van der Waals surface area contributed by atoms with Gasteiger partial charge in [0.2, 0.25) is 82.7 Å². The fourth-order valence-corrected chi connectivity index (χ4v) is 11.5. The van der Waals surface area contributed by atoms with Crippen LogP contribution in [0.25, 0.3) is 10.9 Å². The van der Waals surface area contributed by atoms with E-state index >= 15 is 0 Å². The van der Waals surface area contributed by atoms with Gasteiger partial charge in [0.15, 0.2) is 5.78 Å². The van der Waals surface area contributed by atoms with Crippen molar-refractivity contribution in [1.29, 1.82) is 0 Å². The zero-order valence-electron chi connectivity index (χ0n) is 62.5. The van der Waals surface area contributed by atoms with Gasteiger partial charge in [0.1, 0.15) is 72.6 Å². The number of aromatic amines is 1. The third-order valence-corrected chi connectivity index (χ3v) is 17.6. The standard InChI is InChI=1S/C71H101N17O24/c1-6-7-8-9-10-11-12-23-53(92)81-45(26-39-31-75-43-21-16-14-18-40(39)43)67(107)84-46(28-52(74)91)65(105)79-37(4)62(102)88-60-38(5)112-71(111)49(27-51(90)41-19-13-15-20-42(41)73)86-70(110)59(35(2)25-56(95)96)87-68(108)50(34-89)82-55(94)32-76-63(103)47(29-57(97)98)83-61(101)36(3)78-66(106)48(30-58(99)100)85-64(104)44(22-17-24-72)80-54(93)33-77-69(60)109/h13-16,18-21,31,35-38,44-50,59-60,75,89H,6-12,17,22-30,32-34,72-73H2,1-5H3,(H2,74,91)(H,76,103)(H,77,109)(H,78,106)(H,79,105)(H,80,93)(H,81,92)(H,82,94)(H,83,101)(H,84,107)(H,85,104)(H,86,110)(H,87,108)(H,88,102)(H,95,96)(H,97,98)(H,99,100)/t35-,36+,37-,38+,44-,45-,46-,47-,48-,49-,50+,59-,60-/m0/s1. The van der Waals surface area contributed by atoms with E-state index in [2.05, 4.69) is 65.1 Å². The number of nitrogens with two attached hydrogens (primary N) is 3. The Morgan fingerprint density at radius 2 is 1.13 bits per heavy atom. The number of hydrogen-bond donors (Lipinski definition) is 21. The topological polar surface area (TPSA) is 665 Å². The molecule has 1 aliphatic rings. The molecule has 1 aliphatic heterocycles. The number of ketones is 1. The van der Waals surface area contributed by atoms with Gasteiger partial charge in [-0.3, -0.25) is 86.3 Å². The Labute approximate surface area is 642 Å². The van der Waals surface area contributed by atoms with Crippen molar-refractivity contribution in [2.45, 2.75) is 210 Å². The monoisotopic (exact) mass is 1580 g/mol. The maximum absolute atomic E-state index is 14.8. The highest BCUT2D eigenvalue weighted by molar-refractivity contribution is 6.05. The number of carboxylic acids is 3. The number of unbranched alkanes of at least 4 members (excludes halogenated alkanes) is 6. The number of esters is 1. The van der Waals surface area contributed by atoms with Crippen molar-refractivity contribution in [3.05, 3.63) is 65.9 Å². The number of fused-ring (bicyclic) bond motifs is 1. The molecule has 14 amide bonds. The lowest BCUT2D eigenvalue weighted by Crippen LogP contribution is -2.61. The molecule has 13 atom stereocenters. The number of hydrogen-bond acceptors (Lipinski definition) is 23. The number of primary amides is 1. The zero-order chi connectivity index (χ0) is 83.5. The number of cyclic esters (lactones) is 1. The van der Waals surface area contributed by atoms with E-state index in [9.17, 15) is 112 Å². The number of amides is 14. The van der Waals surface area contributed by atoms with Crippen molar-refractivity contribution in [3.8, 4) is 0 Å². The Hall–Kier alpha value is -12.2. The van der Waals surface area contributed by atoms with Gasteiger partial charge < -0.3 is 116 Å². The molecular formula is C71H101N17O24. The van der Waals surface area contributed by atoms with Crippen molar-refractivity contribution in [2.24, 2.45) is 17.4 Å². The summed E-state index contributed by atoms with van der Waals surface area (Å²) in [5, 5.41) is 69.2. The van der Waals surface area contributed by atoms with Gasteiger partial charge in [-0.1, -0.05) is 82.7 Å². The van der Waals surface area contributed by atoms with E-state index in [0.29, 0.717) is 22.9 Å². The molecule has 3 aromatic rings. The number of H-pyrrole nitrogens is 1. The quantitative estimate of drug-likeness (QED) is 0.0117. The number of nitrogens with one attached hydrogen (secondary N) is 14. The van der Waals surface area contributed by atoms with Crippen LogP contribution in [0.3, 0.4) is 0 Å². The molecule has 2 aromatic carbocycles. The number of Topliss-reactive ketones (excluding diaryl/α,β-unsaturated/α-hetero) is 1. The lowest BCUT2D eigenvalue weighted by atomic mass is 9.96. The van der Waals surface area contributed by atoms with Crippen LogP contribution in [0.5, 0.6) is 0 Å². The van der Waals surface area contributed by atoms with Gasteiger partial charge in [0, 0.05) is 47.6 Å². The van der Waals surface area contributed by atoms with Crippen LogP contribution in [-0.2, 0) is 97.5 Å². The fraction of sp³-hybridized carbons (Fsp3) is 0.535. The second-order valence-corrected chi connectivity index (χ2v) is 26.8. The number of para-hydroxylation sites is 2. The summed E-state index contributed by atoms with van der Waals surface area (Å²) < 4.78 is 5.72. The molecule has 112 heavy (non-hydrogen) atoms.